The summed E-state index contributed by atoms with van der Waals surface area (Å²) >= 11 is 0. The molecule has 0 aromatic heterocycles. The number of carbonyl (C=O) groups is 3. The molecule has 2 heterocycles. The lowest BCUT2D eigenvalue weighted by atomic mass is 9.85. The maximum Gasteiger partial charge on any atom is 0.256 e. The predicted octanol–water partition coefficient (Wildman–Crippen LogP) is 3.76. The van der Waals surface area contributed by atoms with Crippen molar-refractivity contribution in [2.24, 2.45) is 5.92 Å². The fourth-order valence-corrected chi connectivity index (χ4v) is 5.02. The van der Waals surface area contributed by atoms with Crippen LogP contribution in [0.4, 0.5) is 15.8 Å². The van der Waals surface area contributed by atoms with Gasteiger partial charge < -0.3 is 20.0 Å². The van der Waals surface area contributed by atoms with Crippen LogP contribution in [-0.4, -0.2) is 66.8 Å². The van der Waals surface area contributed by atoms with Crippen molar-refractivity contribution >= 4 is 29.1 Å². The van der Waals surface area contributed by atoms with Crippen LogP contribution in [0, 0.1) is 11.7 Å². The van der Waals surface area contributed by atoms with Crippen molar-refractivity contribution in [3.63, 3.8) is 0 Å². The molecule has 8 heteroatoms. The molecule has 3 aliphatic rings. The minimum atomic E-state index is -0.427. The molecule has 1 saturated carbocycles. The van der Waals surface area contributed by atoms with Gasteiger partial charge in [-0.15, -0.1) is 0 Å². The van der Waals surface area contributed by atoms with E-state index >= 15 is 0 Å². The number of amides is 3. The summed E-state index contributed by atoms with van der Waals surface area (Å²) in [6, 6.07) is 11.3. The number of carbonyl (C=O) groups excluding carboxylic acids is 3. The fourth-order valence-electron chi connectivity index (χ4n) is 5.02. The summed E-state index contributed by atoms with van der Waals surface area (Å²) in [5.41, 5.74) is 2.40. The highest BCUT2D eigenvalue weighted by Crippen LogP contribution is 2.31. The number of likely N-dealkylation sites (tertiary alicyclic amines) is 1. The molecule has 0 unspecified atom stereocenters. The average molecular weight is 479 g/mol. The van der Waals surface area contributed by atoms with Crippen LogP contribution in [0.1, 0.15) is 52.8 Å². The van der Waals surface area contributed by atoms with Gasteiger partial charge in [-0.1, -0.05) is 12.5 Å². The Labute approximate surface area is 204 Å². The number of halogens is 1. The van der Waals surface area contributed by atoms with Gasteiger partial charge in [-0.25, -0.2) is 4.39 Å². The average Bonchev–Trinajstić information content (AvgIpc) is 3.37. The summed E-state index contributed by atoms with van der Waals surface area (Å²) in [7, 11) is 0. The molecule has 1 N–H and O–H groups in total. The maximum atomic E-state index is 13.6. The standard InChI is InChI=1S/C27H31FN4O3/c28-21-8-4-7-20(17-21)26(34)32-15-13-30(14-16-32)24-10-9-22(29-25(33)19-5-3-6-19)18-23(24)27(35)31-11-1-2-12-31/h4,7-10,17-19H,1-3,5-6,11-16H2,(H,29,33). The van der Waals surface area contributed by atoms with Gasteiger partial charge in [0.25, 0.3) is 11.8 Å². The van der Waals surface area contributed by atoms with Crippen LogP contribution in [0.25, 0.3) is 0 Å². The molecule has 7 nitrogen and oxygen atoms in total. The molecule has 3 fully saturated rings. The van der Waals surface area contributed by atoms with Gasteiger partial charge in [0.15, 0.2) is 0 Å². The fraction of sp³-hybridized carbons (Fsp3) is 0.444. The monoisotopic (exact) mass is 478 g/mol. The molecule has 0 bridgehead atoms. The molecular formula is C27H31FN4O3. The first-order valence-corrected chi connectivity index (χ1v) is 12.5. The van der Waals surface area contributed by atoms with Crippen molar-refractivity contribution in [3.05, 3.63) is 59.4 Å². The quantitative estimate of drug-likeness (QED) is 0.710. The maximum absolute atomic E-state index is 13.6. The molecule has 1 aliphatic carbocycles. The lowest BCUT2D eigenvalue weighted by molar-refractivity contribution is -0.122. The summed E-state index contributed by atoms with van der Waals surface area (Å²) < 4.78 is 13.6. The van der Waals surface area contributed by atoms with Crippen molar-refractivity contribution in [2.45, 2.75) is 32.1 Å². The first-order valence-electron chi connectivity index (χ1n) is 12.5. The van der Waals surface area contributed by atoms with Crippen molar-refractivity contribution in [1.29, 1.82) is 0 Å². The molecule has 35 heavy (non-hydrogen) atoms. The third-order valence-electron chi connectivity index (χ3n) is 7.34. The summed E-state index contributed by atoms with van der Waals surface area (Å²) in [4.78, 5) is 44.4. The lowest BCUT2D eigenvalue weighted by Crippen LogP contribution is -2.49. The molecule has 2 aliphatic heterocycles. The SMILES string of the molecule is O=C(Nc1ccc(N2CCN(C(=O)c3cccc(F)c3)CC2)c(C(=O)N2CCCC2)c1)C1CCC1. The van der Waals surface area contributed by atoms with Gasteiger partial charge in [0.05, 0.1) is 5.56 Å². The highest BCUT2D eigenvalue weighted by atomic mass is 19.1. The normalized spacial score (nSPS) is 18.4. The number of benzene rings is 2. The van der Waals surface area contributed by atoms with Gasteiger partial charge >= 0.3 is 0 Å². The Morgan fingerprint density at radius 2 is 1.51 bits per heavy atom. The number of rotatable bonds is 5. The van der Waals surface area contributed by atoms with Crippen molar-refractivity contribution < 1.29 is 18.8 Å². The highest BCUT2D eigenvalue weighted by molar-refractivity contribution is 6.02. The second-order valence-corrected chi connectivity index (χ2v) is 9.64. The Morgan fingerprint density at radius 3 is 2.17 bits per heavy atom. The second-order valence-electron chi connectivity index (χ2n) is 9.64. The molecule has 184 valence electrons. The van der Waals surface area contributed by atoms with Gasteiger partial charge in [-0.05, 0) is 62.1 Å². The van der Waals surface area contributed by atoms with Gasteiger partial charge in [-0.3, -0.25) is 14.4 Å². The van der Waals surface area contributed by atoms with Crippen LogP contribution >= 0.6 is 0 Å². The molecule has 2 aromatic carbocycles. The van der Waals surface area contributed by atoms with E-state index in [-0.39, 0.29) is 23.6 Å². The number of nitrogens with zero attached hydrogens (tertiary/aromatic N) is 3. The van der Waals surface area contributed by atoms with Crippen LogP contribution in [0.3, 0.4) is 0 Å². The number of hydrogen-bond acceptors (Lipinski definition) is 4. The molecule has 0 atom stereocenters. The van der Waals surface area contributed by atoms with E-state index in [1.165, 1.54) is 12.1 Å². The van der Waals surface area contributed by atoms with Gasteiger partial charge in [0, 0.05) is 62.1 Å². The Bertz CT molecular complexity index is 1120. The summed E-state index contributed by atoms with van der Waals surface area (Å²) in [5.74, 6) is -0.546. The summed E-state index contributed by atoms with van der Waals surface area (Å²) in [6.07, 6.45) is 4.92. The number of anilines is 2. The third kappa shape index (κ3) is 5.01. The van der Waals surface area contributed by atoms with E-state index in [9.17, 15) is 18.8 Å². The van der Waals surface area contributed by atoms with E-state index in [1.807, 2.05) is 17.0 Å². The smallest absolute Gasteiger partial charge is 0.256 e. The number of nitrogens with one attached hydrogen (secondary N) is 1. The largest absolute Gasteiger partial charge is 0.367 e. The highest BCUT2D eigenvalue weighted by Gasteiger charge is 2.29. The van der Waals surface area contributed by atoms with Crippen molar-refractivity contribution in [3.8, 4) is 0 Å². The summed E-state index contributed by atoms with van der Waals surface area (Å²) in [5, 5.41) is 2.99. The minimum Gasteiger partial charge on any atom is -0.367 e. The minimum absolute atomic E-state index is 0.0180. The zero-order chi connectivity index (χ0) is 24.4. The molecule has 2 aromatic rings. The molecular weight excluding hydrogens is 447 g/mol. The first-order chi connectivity index (χ1) is 17.0. The topological polar surface area (TPSA) is 73.0 Å². The van der Waals surface area contributed by atoms with E-state index in [0.717, 1.165) is 50.9 Å². The Morgan fingerprint density at radius 1 is 0.800 bits per heavy atom. The lowest BCUT2D eigenvalue weighted by Gasteiger charge is -2.37. The summed E-state index contributed by atoms with van der Waals surface area (Å²) in [6.45, 7) is 3.57. The Balaban J connectivity index is 1.33. The van der Waals surface area contributed by atoms with E-state index < -0.39 is 5.82 Å². The van der Waals surface area contributed by atoms with Crippen LogP contribution < -0.4 is 10.2 Å². The van der Waals surface area contributed by atoms with Gasteiger partial charge in [0.2, 0.25) is 5.91 Å². The zero-order valence-electron chi connectivity index (χ0n) is 19.8. The van der Waals surface area contributed by atoms with Crippen LogP contribution in [-0.2, 0) is 4.79 Å². The van der Waals surface area contributed by atoms with E-state index in [2.05, 4.69) is 10.2 Å². The first kappa shape index (κ1) is 23.3. The predicted molar refractivity (Wildman–Crippen MR) is 132 cm³/mol. The second kappa shape index (κ2) is 10.1. The Hall–Kier alpha value is -3.42. The van der Waals surface area contributed by atoms with Crippen molar-refractivity contribution in [2.75, 3.05) is 49.5 Å². The molecule has 2 saturated heterocycles. The van der Waals surface area contributed by atoms with Crippen LogP contribution in [0.15, 0.2) is 42.5 Å². The Kier molecular flexibility index (Phi) is 6.70. The zero-order valence-corrected chi connectivity index (χ0v) is 19.8. The number of hydrogen-bond donors (Lipinski definition) is 1. The molecule has 0 spiro atoms. The van der Waals surface area contributed by atoms with Crippen molar-refractivity contribution in [1.82, 2.24) is 9.80 Å². The van der Waals surface area contributed by atoms with Gasteiger partial charge in [0.1, 0.15) is 5.82 Å². The molecule has 5 rings (SSSR count). The third-order valence-corrected chi connectivity index (χ3v) is 7.34. The molecule has 0 radical (unpaired) electrons. The van der Waals surface area contributed by atoms with Crippen LogP contribution in [0.5, 0.6) is 0 Å². The van der Waals surface area contributed by atoms with Gasteiger partial charge in [-0.2, -0.15) is 0 Å². The van der Waals surface area contributed by atoms with Crippen LogP contribution in [0.2, 0.25) is 0 Å². The van der Waals surface area contributed by atoms with E-state index in [0.29, 0.717) is 43.0 Å². The van der Waals surface area contributed by atoms with E-state index in [1.54, 1.807) is 23.1 Å². The number of piperazine rings is 1. The van der Waals surface area contributed by atoms with E-state index in [4.69, 9.17) is 0 Å². The molecule has 3 amide bonds.